The van der Waals surface area contributed by atoms with E-state index in [1.165, 1.54) is 0 Å². The lowest BCUT2D eigenvalue weighted by molar-refractivity contribution is 0.0285. The van der Waals surface area contributed by atoms with Gasteiger partial charge in [-0.15, -0.1) is 0 Å². The van der Waals surface area contributed by atoms with Crippen LogP contribution in [0.4, 0.5) is 0 Å². The van der Waals surface area contributed by atoms with Crippen LogP contribution in [0.1, 0.15) is 13.3 Å². The molecular formula is C10H24N2O2. The quantitative estimate of drug-likeness (QED) is 0.564. The number of nitrogens with one attached hydrogen (secondary N) is 1. The second kappa shape index (κ2) is 9.40. The van der Waals surface area contributed by atoms with Crippen LogP contribution in [0.25, 0.3) is 0 Å². The van der Waals surface area contributed by atoms with Gasteiger partial charge in [-0.3, -0.25) is 0 Å². The van der Waals surface area contributed by atoms with E-state index in [2.05, 4.69) is 12.2 Å². The van der Waals surface area contributed by atoms with Crippen molar-refractivity contribution >= 4 is 0 Å². The zero-order valence-electron chi connectivity index (χ0n) is 9.58. The molecular weight excluding hydrogens is 180 g/mol. The van der Waals surface area contributed by atoms with Gasteiger partial charge in [0.05, 0.1) is 12.7 Å². The summed E-state index contributed by atoms with van der Waals surface area (Å²) in [5.41, 5.74) is 5.60. The Morgan fingerprint density at radius 3 is 2.43 bits per heavy atom. The molecule has 0 radical (unpaired) electrons. The topological polar surface area (TPSA) is 56.5 Å². The molecule has 0 spiro atoms. The molecule has 2 unspecified atom stereocenters. The van der Waals surface area contributed by atoms with Crippen molar-refractivity contribution in [2.24, 2.45) is 11.7 Å². The summed E-state index contributed by atoms with van der Waals surface area (Å²) in [5.74, 6) is 0.565. The first kappa shape index (κ1) is 13.8. The lowest BCUT2D eigenvalue weighted by atomic mass is 10.1. The number of ether oxygens (including phenoxy) is 2. The van der Waals surface area contributed by atoms with Crippen LogP contribution >= 0.6 is 0 Å². The van der Waals surface area contributed by atoms with Crippen molar-refractivity contribution in [3.8, 4) is 0 Å². The van der Waals surface area contributed by atoms with Gasteiger partial charge in [-0.25, -0.2) is 0 Å². The first-order valence-corrected chi connectivity index (χ1v) is 5.20. The van der Waals surface area contributed by atoms with Crippen molar-refractivity contribution in [2.75, 3.05) is 40.5 Å². The highest BCUT2D eigenvalue weighted by Crippen LogP contribution is 1.97. The van der Waals surface area contributed by atoms with Crippen LogP contribution in [0.3, 0.4) is 0 Å². The molecule has 0 heterocycles. The van der Waals surface area contributed by atoms with Crippen LogP contribution < -0.4 is 11.1 Å². The second-order valence-electron chi connectivity index (χ2n) is 3.48. The zero-order chi connectivity index (χ0) is 10.8. The SMILES string of the molecule is CCC(CN)CNCC(COC)OC. The number of methoxy groups -OCH3 is 2. The Labute approximate surface area is 87.1 Å². The molecule has 0 aliphatic heterocycles. The van der Waals surface area contributed by atoms with Gasteiger partial charge in [-0.1, -0.05) is 13.3 Å². The molecule has 0 saturated heterocycles. The Balaban J connectivity index is 3.48. The minimum Gasteiger partial charge on any atom is -0.382 e. The summed E-state index contributed by atoms with van der Waals surface area (Å²) < 4.78 is 10.2. The van der Waals surface area contributed by atoms with Gasteiger partial charge < -0.3 is 20.5 Å². The molecule has 0 fully saturated rings. The van der Waals surface area contributed by atoms with Gasteiger partial charge in [-0.05, 0) is 19.0 Å². The third kappa shape index (κ3) is 6.32. The average molecular weight is 204 g/mol. The van der Waals surface area contributed by atoms with Crippen LogP contribution in [-0.2, 0) is 9.47 Å². The number of hydrogen-bond acceptors (Lipinski definition) is 4. The molecule has 0 aliphatic carbocycles. The lowest BCUT2D eigenvalue weighted by Gasteiger charge is -2.17. The maximum Gasteiger partial charge on any atom is 0.0928 e. The number of rotatable bonds is 9. The summed E-state index contributed by atoms with van der Waals surface area (Å²) in [5, 5.41) is 3.34. The van der Waals surface area contributed by atoms with E-state index >= 15 is 0 Å². The molecule has 4 nitrogen and oxygen atoms in total. The van der Waals surface area contributed by atoms with Crippen molar-refractivity contribution in [1.29, 1.82) is 0 Å². The fourth-order valence-corrected chi connectivity index (χ4v) is 1.24. The maximum absolute atomic E-state index is 5.60. The van der Waals surface area contributed by atoms with E-state index in [1.807, 2.05) is 0 Å². The van der Waals surface area contributed by atoms with Gasteiger partial charge in [0.1, 0.15) is 0 Å². The predicted octanol–water partition coefficient (Wildman–Crippen LogP) is 0.222. The lowest BCUT2D eigenvalue weighted by Crippen LogP contribution is -2.36. The minimum atomic E-state index is 0.135. The van der Waals surface area contributed by atoms with E-state index in [4.69, 9.17) is 15.2 Å². The molecule has 2 atom stereocenters. The summed E-state index contributed by atoms with van der Waals surface area (Å²) in [6.45, 7) is 5.30. The molecule has 0 aliphatic rings. The fourth-order valence-electron chi connectivity index (χ4n) is 1.24. The maximum atomic E-state index is 5.60. The van der Waals surface area contributed by atoms with Crippen molar-refractivity contribution < 1.29 is 9.47 Å². The van der Waals surface area contributed by atoms with Gasteiger partial charge in [-0.2, -0.15) is 0 Å². The molecule has 0 aromatic heterocycles. The van der Waals surface area contributed by atoms with Crippen LogP contribution in [-0.4, -0.2) is 46.6 Å². The summed E-state index contributed by atoms with van der Waals surface area (Å²) in [7, 11) is 3.38. The molecule has 0 amide bonds. The summed E-state index contributed by atoms with van der Waals surface area (Å²) in [6, 6.07) is 0. The highest BCUT2D eigenvalue weighted by atomic mass is 16.5. The molecule has 3 N–H and O–H groups in total. The van der Waals surface area contributed by atoms with Crippen LogP contribution in [0.2, 0.25) is 0 Å². The van der Waals surface area contributed by atoms with E-state index < -0.39 is 0 Å². The Morgan fingerprint density at radius 1 is 1.29 bits per heavy atom. The molecule has 0 aromatic rings. The third-order valence-corrected chi connectivity index (χ3v) is 2.40. The molecule has 0 saturated carbocycles. The Hall–Kier alpha value is -0.160. The molecule has 14 heavy (non-hydrogen) atoms. The van der Waals surface area contributed by atoms with Gasteiger partial charge >= 0.3 is 0 Å². The average Bonchev–Trinajstić information content (AvgIpc) is 2.23. The smallest absolute Gasteiger partial charge is 0.0928 e. The monoisotopic (exact) mass is 204 g/mol. The first-order chi connectivity index (χ1) is 6.78. The summed E-state index contributed by atoms with van der Waals surface area (Å²) in [4.78, 5) is 0. The molecule has 0 aromatic carbocycles. The first-order valence-electron chi connectivity index (χ1n) is 5.20. The van der Waals surface area contributed by atoms with Crippen molar-refractivity contribution in [1.82, 2.24) is 5.32 Å². The Morgan fingerprint density at radius 2 is 2.00 bits per heavy atom. The molecule has 0 rings (SSSR count). The minimum absolute atomic E-state index is 0.135. The van der Waals surface area contributed by atoms with Crippen LogP contribution in [0, 0.1) is 5.92 Å². The van der Waals surface area contributed by atoms with Crippen molar-refractivity contribution in [3.63, 3.8) is 0 Å². The van der Waals surface area contributed by atoms with Crippen LogP contribution in [0.5, 0.6) is 0 Å². The molecule has 86 valence electrons. The normalized spacial score (nSPS) is 15.4. The molecule has 0 bridgehead atoms. The predicted molar refractivity (Wildman–Crippen MR) is 58.4 cm³/mol. The van der Waals surface area contributed by atoms with E-state index in [0.717, 1.165) is 26.1 Å². The van der Waals surface area contributed by atoms with E-state index in [1.54, 1.807) is 14.2 Å². The van der Waals surface area contributed by atoms with Crippen molar-refractivity contribution in [2.45, 2.75) is 19.4 Å². The standard InChI is InChI=1S/C10H24N2O2/c1-4-9(5-11)6-12-7-10(14-3)8-13-2/h9-10,12H,4-8,11H2,1-3H3. The highest BCUT2D eigenvalue weighted by molar-refractivity contribution is 4.65. The van der Waals surface area contributed by atoms with Gasteiger partial charge in [0.25, 0.3) is 0 Å². The number of nitrogens with two attached hydrogens (primary N) is 1. The van der Waals surface area contributed by atoms with Gasteiger partial charge in [0.15, 0.2) is 0 Å². The summed E-state index contributed by atoms with van der Waals surface area (Å²) in [6.07, 6.45) is 1.25. The van der Waals surface area contributed by atoms with E-state index in [9.17, 15) is 0 Å². The zero-order valence-corrected chi connectivity index (χ0v) is 9.58. The largest absolute Gasteiger partial charge is 0.382 e. The van der Waals surface area contributed by atoms with E-state index in [0.29, 0.717) is 12.5 Å². The van der Waals surface area contributed by atoms with Crippen LogP contribution in [0.15, 0.2) is 0 Å². The van der Waals surface area contributed by atoms with E-state index in [-0.39, 0.29) is 6.10 Å². The highest BCUT2D eigenvalue weighted by Gasteiger charge is 2.08. The second-order valence-corrected chi connectivity index (χ2v) is 3.48. The number of hydrogen-bond donors (Lipinski definition) is 2. The Bertz CT molecular complexity index is 119. The summed E-state index contributed by atoms with van der Waals surface area (Å²) >= 11 is 0. The van der Waals surface area contributed by atoms with Crippen molar-refractivity contribution in [3.05, 3.63) is 0 Å². The third-order valence-electron chi connectivity index (χ3n) is 2.40. The van der Waals surface area contributed by atoms with Gasteiger partial charge in [0, 0.05) is 20.8 Å². The van der Waals surface area contributed by atoms with Gasteiger partial charge in [0.2, 0.25) is 0 Å². The Kier molecular flexibility index (Phi) is 9.29. The molecule has 4 heteroatoms. The fraction of sp³-hybridized carbons (Fsp3) is 1.00.